The van der Waals surface area contributed by atoms with Gasteiger partial charge in [-0.3, -0.25) is 0 Å². The zero-order valence-corrected chi connectivity index (χ0v) is 65.9. The maximum Gasteiger partial charge on any atom is 0.227 e. The minimum atomic E-state index is -1.43. The first-order chi connectivity index (χ1) is 52.2. The molecule has 0 aliphatic rings. The molecule has 106 heavy (non-hydrogen) atoms. The van der Waals surface area contributed by atoms with E-state index < -0.39 is 12.7 Å². The molecule has 0 aliphatic heterocycles. The average Bonchev–Trinajstić information content (AvgIpc) is 1.57. The van der Waals surface area contributed by atoms with Crippen molar-refractivity contribution < 1.29 is 41.4 Å². The van der Waals surface area contributed by atoms with Crippen LogP contribution in [0.1, 0.15) is 190 Å². The van der Waals surface area contributed by atoms with Crippen molar-refractivity contribution >= 4 is 88.3 Å². The summed E-state index contributed by atoms with van der Waals surface area (Å²) in [5.74, 6) is 1.49. The quantitative estimate of drug-likeness (QED) is 0.111. The summed E-state index contributed by atoms with van der Waals surface area (Å²) < 4.78 is 67.0. The van der Waals surface area contributed by atoms with Gasteiger partial charge in [-0.2, -0.15) is 0 Å². The molecule has 0 bridgehead atoms. The lowest BCUT2D eigenvalue weighted by atomic mass is 9.94. The van der Waals surface area contributed by atoms with Gasteiger partial charge in [0.05, 0.1) is 22.3 Å². The molecule has 0 fully saturated rings. The smallest absolute Gasteiger partial charge is 0.227 e. The second-order valence-corrected chi connectivity index (χ2v) is 29.9. The van der Waals surface area contributed by atoms with Gasteiger partial charge in [-0.05, 0) is 184 Å². The average molecular weight is 1410 g/mol. The Balaban J connectivity index is 0.000000129. The number of aromatic nitrogens is 8. The second kappa shape index (κ2) is 30.0. The van der Waals surface area contributed by atoms with Crippen molar-refractivity contribution in [2.75, 3.05) is 0 Å². The van der Waals surface area contributed by atoms with E-state index in [-0.39, 0.29) is 11.8 Å². The predicted octanol–water partition coefficient (Wildman–Crippen LogP) is 22.5. The van der Waals surface area contributed by atoms with Crippen molar-refractivity contribution in [2.45, 2.75) is 174 Å². The minimum Gasteiger partial charge on any atom is -0.437 e. The van der Waals surface area contributed by atoms with E-state index in [1.54, 1.807) is 26.2 Å². The van der Waals surface area contributed by atoms with Crippen LogP contribution in [0, 0.1) is 41.5 Å². The van der Waals surface area contributed by atoms with Crippen LogP contribution < -0.4 is 18.3 Å². The number of furan rings is 4. The number of aryl methyl sites for hydroxylation is 14. The highest BCUT2D eigenvalue weighted by Crippen LogP contribution is 2.42. The third-order valence-electron chi connectivity index (χ3n) is 21.2. The van der Waals surface area contributed by atoms with Gasteiger partial charge in [0.15, 0.2) is 47.1 Å². The Morgan fingerprint density at radius 2 is 0.585 bits per heavy atom. The number of nitrogens with zero attached hydrogens (tertiary/aromatic N) is 8. The van der Waals surface area contributed by atoms with Crippen molar-refractivity contribution in [1.29, 1.82) is 0 Å². The first-order valence-corrected chi connectivity index (χ1v) is 37.4. The van der Waals surface area contributed by atoms with E-state index in [9.17, 15) is 0 Å². The van der Waals surface area contributed by atoms with E-state index in [4.69, 9.17) is 23.2 Å². The van der Waals surface area contributed by atoms with Crippen LogP contribution in [0.2, 0.25) is 0 Å². The first kappa shape index (κ1) is 68.4. The standard InChI is InChI=1S/2C24H27N2O.2C23H25N2O/c2*1-7-17-12-21(26(6)13-20(17)14(2)3)22-15(4)8-10-18-19-11-9-16(5)25-24(19)27-23(18)22;2*1-6-16-12-20(25(5)13-19(16)14(2)3)21-15(4)9-10-17-18-8-7-11-24-23(18)26-22(17)21/h2*8-14H,7H2,1-6H3;2*7-14H,6H2,1-5H3/q4*+1/i7D2;;6D2;. The molecule has 540 valence electrons. The number of benzene rings is 4. The van der Waals surface area contributed by atoms with Crippen LogP contribution in [-0.2, 0) is 53.8 Å². The van der Waals surface area contributed by atoms with Crippen LogP contribution in [-0.4, -0.2) is 19.9 Å². The summed E-state index contributed by atoms with van der Waals surface area (Å²) in [6.07, 6.45) is 11.4. The number of hydrogen-bond donors (Lipinski definition) is 0. The molecule has 0 aliphatic carbocycles. The molecule has 12 heterocycles. The molecule has 0 saturated heterocycles. The first-order valence-electron chi connectivity index (χ1n) is 39.4. The summed E-state index contributed by atoms with van der Waals surface area (Å²) in [5, 5.41) is 8.45. The molecule has 12 heteroatoms. The van der Waals surface area contributed by atoms with Crippen molar-refractivity contribution in [3.63, 3.8) is 0 Å². The molecule has 4 aromatic carbocycles. The molecule has 0 amide bonds. The van der Waals surface area contributed by atoms with Gasteiger partial charge in [0.2, 0.25) is 45.6 Å². The van der Waals surface area contributed by atoms with Crippen LogP contribution >= 0.6 is 0 Å². The van der Waals surface area contributed by atoms with Crippen molar-refractivity contribution in [3.8, 4) is 45.0 Å². The molecular weight excluding hydrogens is 1310 g/mol. The normalized spacial score (nSPS) is 12.6. The lowest BCUT2D eigenvalue weighted by molar-refractivity contribution is -0.661. The molecule has 16 aromatic rings. The molecule has 12 aromatic heterocycles. The fourth-order valence-corrected chi connectivity index (χ4v) is 15.4. The Morgan fingerprint density at radius 1 is 0.330 bits per heavy atom. The van der Waals surface area contributed by atoms with Gasteiger partial charge < -0.3 is 17.7 Å². The topological polar surface area (TPSA) is 120 Å². The lowest BCUT2D eigenvalue weighted by Gasteiger charge is -2.13. The van der Waals surface area contributed by atoms with Crippen LogP contribution in [0.25, 0.3) is 133 Å². The van der Waals surface area contributed by atoms with Gasteiger partial charge in [0.25, 0.3) is 0 Å². The van der Waals surface area contributed by atoms with Crippen LogP contribution in [0.5, 0.6) is 0 Å². The highest BCUT2D eigenvalue weighted by Gasteiger charge is 2.29. The zero-order valence-electron chi connectivity index (χ0n) is 69.9. The highest BCUT2D eigenvalue weighted by atomic mass is 16.4. The van der Waals surface area contributed by atoms with E-state index >= 15 is 0 Å². The molecule has 12 nitrogen and oxygen atoms in total. The van der Waals surface area contributed by atoms with E-state index in [0.717, 1.165) is 157 Å². The van der Waals surface area contributed by atoms with Crippen LogP contribution in [0.15, 0.2) is 176 Å². The van der Waals surface area contributed by atoms with Gasteiger partial charge in [-0.1, -0.05) is 132 Å². The lowest BCUT2D eigenvalue weighted by Crippen LogP contribution is -2.32. The van der Waals surface area contributed by atoms with Crippen LogP contribution in [0.4, 0.5) is 0 Å². The molecule has 0 atom stereocenters. The van der Waals surface area contributed by atoms with Gasteiger partial charge in [-0.15, -0.1) is 0 Å². The largest absolute Gasteiger partial charge is 0.437 e. The fourth-order valence-electron chi connectivity index (χ4n) is 15.4. The summed E-state index contributed by atoms with van der Waals surface area (Å²) in [7, 11) is 8.28. The second-order valence-electron chi connectivity index (χ2n) is 29.9. The third-order valence-corrected chi connectivity index (χ3v) is 21.2. The summed E-state index contributed by atoms with van der Waals surface area (Å²) in [6.45, 7) is 37.5. The SMILES string of the molecule is CCc1cc(-c2c(C)ccc3c2oc2nc(C)ccc23)[n+](C)cc1C(C)C.CCc1cc(-c2c(C)ccc3c2oc2ncccc23)[n+](C)cc1C(C)C.[2H]C([2H])(C)c1cc(-c2c(C)ccc3c2oc2nc(C)ccc23)[n+](C)cc1C(C)C.[2H]C([2H])(C)c1cc(-c2c(C)ccc3c2oc2ncccc23)[n+](C)cc1C(C)C. The maximum atomic E-state index is 8.39. The van der Waals surface area contributed by atoms with E-state index in [1.165, 1.54) is 44.8 Å². The maximum absolute atomic E-state index is 8.39. The molecule has 0 spiro atoms. The van der Waals surface area contributed by atoms with Crippen molar-refractivity contribution in [1.82, 2.24) is 19.9 Å². The van der Waals surface area contributed by atoms with Gasteiger partial charge in [0, 0.05) is 119 Å². The molecular formula is C94H104N8O4+4. The Kier molecular flexibility index (Phi) is 19.4. The number of fused-ring (bicyclic) bond motifs is 12. The molecule has 0 N–H and O–H groups in total. The summed E-state index contributed by atoms with van der Waals surface area (Å²) >= 11 is 0. The summed E-state index contributed by atoms with van der Waals surface area (Å²) in [5.41, 5.74) is 30.3. The van der Waals surface area contributed by atoms with Gasteiger partial charge >= 0.3 is 0 Å². The van der Waals surface area contributed by atoms with Gasteiger partial charge in [-0.25, -0.2) is 38.2 Å². The van der Waals surface area contributed by atoms with Gasteiger partial charge in [0.1, 0.15) is 28.2 Å². The Bertz CT molecular complexity index is 6260. The number of hydrogen-bond acceptors (Lipinski definition) is 8. The third kappa shape index (κ3) is 13.6. The van der Waals surface area contributed by atoms with Crippen molar-refractivity contribution in [3.05, 3.63) is 237 Å². The van der Waals surface area contributed by atoms with E-state index in [0.29, 0.717) is 34.7 Å². The number of rotatable bonds is 12. The van der Waals surface area contributed by atoms with E-state index in [2.05, 4.69) is 253 Å². The van der Waals surface area contributed by atoms with E-state index in [1.807, 2.05) is 70.4 Å². The summed E-state index contributed by atoms with van der Waals surface area (Å²) in [6, 6.07) is 41.8. The number of pyridine rings is 8. The van der Waals surface area contributed by atoms with Crippen LogP contribution in [0.3, 0.4) is 0 Å². The molecule has 0 unspecified atom stereocenters. The Hall–Kier alpha value is -10.7. The predicted molar refractivity (Wildman–Crippen MR) is 435 cm³/mol. The fraction of sp³-hybridized carbons (Fsp3) is 0.319. The minimum absolute atomic E-state index is 0.232. The molecule has 0 radical (unpaired) electrons. The zero-order chi connectivity index (χ0) is 79.0. The Labute approximate surface area is 630 Å². The highest BCUT2D eigenvalue weighted by molar-refractivity contribution is 6.12. The molecule has 16 rings (SSSR count). The monoisotopic (exact) mass is 1410 g/mol. The van der Waals surface area contributed by atoms with Crippen molar-refractivity contribution in [2.24, 2.45) is 28.2 Å². The Morgan fingerprint density at radius 3 is 0.858 bits per heavy atom. The summed E-state index contributed by atoms with van der Waals surface area (Å²) in [4.78, 5) is 17.9. The molecule has 0 saturated carbocycles.